The fourth-order valence-electron chi connectivity index (χ4n) is 2.65. The number of nitro groups is 1. The van der Waals surface area contributed by atoms with Gasteiger partial charge in [0.1, 0.15) is 5.75 Å². The monoisotopic (exact) mass is 425 g/mol. The first-order chi connectivity index (χ1) is 14.4. The first-order valence-corrected chi connectivity index (χ1v) is 9.06. The molecule has 0 aliphatic rings. The number of hydrogen-bond donors (Lipinski definition) is 2. The Balaban J connectivity index is 1.80. The van der Waals surface area contributed by atoms with Crippen LogP contribution in [0.2, 0.25) is 5.02 Å². The molecule has 0 heterocycles. The summed E-state index contributed by atoms with van der Waals surface area (Å²) in [6.45, 7) is 0. The minimum absolute atomic E-state index is 0.0487. The third kappa shape index (κ3) is 4.73. The highest BCUT2D eigenvalue weighted by atomic mass is 35.5. The molecular formula is C21H16ClN3O5. The van der Waals surface area contributed by atoms with Gasteiger partial charge in [0.25, 0.3) is 17.5 Å². The molecule has 0 aliphatic heterocycles. The van der Waals surface area contributed by atoms with E-state index in [0.29, 0.717) is 11.4 Å². The van der Waals surface area contributed by atoms with E-state index in [1.807, 2.05) is 0 Å². The lowest BCUT2D eigenvalue weighted by Crippen LogP contribution is -2.18. The molecule has 0 bridgehead atoms. The summed E-state index contributed by atoms with van der Waals surface area (Å²) in [7, 11) is 1.55. The summed E-state index contributed by atoms with van der Waals surface area (Å²) in [4.78, 5) is 35.5. The number of nitro benzene ring substituents is 1. The Hall–Kier alpha value is -3.91. The number of nitrogens with zero attached hydrogens (tertiary/aromatic N) is 1. The number of para-hydroxylation sites is 1. The number of nitrogens with one attached hydrogen (secondary N) is 2. The summed E-state index contributed by atoms with van der Waals surface area (Å²) < 4.78 is 5.09. The van der Waals surface area contributed by atoms with Gasteiger partial charge in [-0.2, -0.15) is 0 Å². The van der Waals surface area contributed by atoms with Crippen LogP contribution in [0.25, 0.3) is 0 Å². The van der Waals surface area contributed by atoms with Crippen molar-refractivity contribution in [3.63, 3.8) is 0 Å². The van der Waals surface area contributed by atoms with Gasteiger partial charge in [0, 0.05) is 17.8 Å². The van der Waals surface area contributed by atoms with Gasteiger partial charge in [-0.1, -0.05) is 23.7 Å². The largest absolute Gasteiger partial charge is 0.497 e. The van der Waals surface area contributed by atoms with E-state index in [1.165, 1.54) is 12.1 Å². The number of ether oxygens (including phenoxy) is 1. The van der Waals surface area contributed by atoms with Crippen LogP contribution in [-0.4, -0.2) is 23.8 Å². The number of carbonyl (C=O) groups is 2. The predicted molar refractivity (Wildman–Crippen MR) is 113 cm³/mol. The lowest BCUT2D eigenvalue weighted by Gasteiger charge is -2.12. The van der Waals surface area contributed by atoms with Crippen molar-refractivity contribution in [2.75, 3.05) is 17.7 Å². The van der Waals surface area contributed by atoms with Crippen LogP contribution in [0, 0.1) is 10.1 Å². The molecule has 0 spiro atoms. The van der Waals surface area contributed by atoms with E-state index in [0.717, 1.165) is 6.07 Å². The zero-order valence-corrected chi connectivity index (χ0v) is 16.5. The Bertz CT molecular complexity index is 1120. The van der Waals surface area contributed by atoms with E-state index in [-0.39, 0.29) is 27.5 Å². The number of non-ortho nitro benzene ring substituents is 1. The van der Waals surface area contributed by atoms with Crippen molar-refractivity contribution in [1.82, 2.24) is 0 Å². The molecule has 0 saturated carbocycles. The lowest BCUT2D eigenvalue weighted by molar-refractivity contribution is -0.384. The minimum Gasteiger partial charge on any atom is -0.497 e. The van der Waals surface area contributed by atoms with Crippen LogP contribution in [0.15, 0.2) is 66.7 Å². The van der Waals surface area contributed by atoms with Crippen molar-refractivity contribution >= 4 is 40.5 Å². The summed E-state index contributed by atoms with van der Waals surface area (Å²) in [5.74, 6) is -0.369. The molecule has 2 N–H and O–H groups in total. The summed E-state index contributed by atoms with van der Waals surface area (Å²) >= 11 is 6.01. The molecule has 0 atom stereocenters. The van der Waals surface area contributed by atoms with Crippen LogP contribution in [0.5, 0.6) is 5.75 Å². The molecule has 2 amide bonds. The smallest absolute Gasteiger partial charge is 0.270 e. The summed E-state index contributed by atoms with van der Waals surface area (Å²) in [6.07, 6.45) is 0. The molecule has 0 saturated heterocycles. The maximum Gasteiger partial charge on any atom is 0.270 e. The molecule has 30 heavy (non-hydrogen) atoms. The van der Waals surface area contributed by atoms with Gasteiger partial charge in [-0.25, -0.2) is 0 Å². The second kappa shape index (κ2) is 9.06. The van der Waals surface area contributed by atoms with Gasteiger partial charge in [0.2, 0.25) is 0 Å². The highest BCUT2D eigenvalue weighted by Gasteiger charge is 2.18. The molecule has 3 aromatic carbocycles. The standard InChI is InChI=1S/C21H16ClN3O5/c1-30-15-9-6-13(7-10-15)23-21(27)17-4-2-3-5-19(17)24-20(26)16-11-8-14(25(28)29)12-18(16)22/h2-12H,1H3,(H,23,27)(H,24,26). The van der Waals surface area contributed by atoms with Crippen LogP contribution in [0.3, 0.4) is 0 Å². The minimum atomic E-state index is -0.605. The zero-order chi connectivity index (χ0) is 21.7. The van der Waals surface area contributed by atoms with Crippen LogP contribution in [-0.2, 0) is 0 Å². The van der Waals surface area contributed by atoms with Gasteiger partial charge in [-0.3, -0.25) is 19.7 Å². The number of methoxy groups -OCH3 is 1. The van der Waals surface area contributed by atoms with Crippen molar-refractivity contribution in [2.24, 2.45) is 0 Å². The fraction of sp³-hybridized carbons (Fsp3) is 0.0476. The van der Waals surface area contributed by atoms with Gasteiger partial charge in [0.05, 0.1) is 33.9 Å². The van der Waals surface area contributed by atoms with E-state index in [9.17, 15) is 19.7 Å². The highest BCUT2D eigenvalue weighted by Crippen LogP contribution is 2.25. The van der Waals surface area contributed by atoms with Crippen molar-refractivity contribution in [2.45, 2.75) is 0 Å². The number of halogens is 1. The summed E-state index contributed by atoms with van der Waals surface area (Å²) in [5, 5.41) is 16.1. The molecule has 152 valence electrons. The number of amides is 2. The quantitative estimate of drug-likeness (QED) is 0.437. The van der Waals surface area contributed by atoms with Crippen LogP contribution in [0.4, 0.5) is 17.1 Å². The van der Waals surface area contributed by atoms with E-state index < -0.39 is 16.7 Å². The van der Waals surface area contributed by atoms with E-state index in [1.54, 1.807) is 55.6 Å². The SMILES string of the molecule is COc1ccc(NC(=O)c2ccccc2NC(=O)c2ccc([N+](=O)[O-])cc2Cl)cc1. The Morgan fingerprint density at radius 2 is 1.60 bits per heavy atom. The number of hydrogen-bond acceptors (Lipinski definition) is 5. The number of anilines is 2. The molecule has 0 unspecified atom stereocenters. The van der Waals surface area contributed by atoms with Gasteiger partial charge >= 0.3 is 0 Å². The maximum atomic E-state index is 12.7. The third-order valence-corrected chi connectivity index (χ3v) is 4.49. The van der Waals surface area contributed by atoms with Crippen molar-refractivity contribution < 1.29 is 19.2 Å². The molecule has 3 rings (SSSR count). The molecule has 0 radical (unpaired) electrons. The second-order valence-electron chi connectivity index (χ2n) is 6.10. The van der Waals surface area contributed by atoms with Crippen molar-refractivity contribution in [3.05, 3.63) is 93.0 Å². The van der Waals surface area contributed by atoms with Crippen molar-refractivity contribution in [1.29, 1.82) is 0 Å². The third-order valence-electron chi connectivity index (χ3n) is 4.18. The number of benzene rings is 3. The summed E-state index contributed by atoms with van der Waals surface area (Å²) in [6, 6.07) is 16.8. The molecule has 3 aromatic rings. The number of carbonyl (C=O) groups excluding carboxylic acids is 2. The van der Waals surface area contributed by atoms with Gasteiger partial charge in [0.15, 0.2) is 0 Å². The Morgan fingerprint density at radius 1 is 0.933 bits per heavy atom. The average Bonchev–Trinajstić information content (AvgIpc) is 2.74. The van der Waals surface area contributed by atoms with E-state index >= 15 is 0 Å². The van der Waals surface area contributed by atoms with E-state index in [2.05, 4.69) is 10.6 Å². The van der Waals surface area contributed by atoms with Crippen LogP contribution >= 0.6 is 11.6 Å². The van der Waals surface area contributed by atoms with Gasteiger partial charge in [-0.15, -0.1) is 0 Å². The van der Waals surface area contributed by atoms with E-state index in [4.69, 9.17) is 16.3 Å². The van der Waals surface area contributed by atoms with Crippen molar-refractivity contribution in [3.8, 4) is 5.75 Å². The fourth-order valence-corrected chi connectivity index (χ4v) is 2.91. The molecule has 0 aromatic heterocycles. The second-order valence-corrected chi connectivity index (χ2v) is 6.51. The van der Waals surface area contributed by atoms with Crippen LogP contribution in [0.1, 0.15) is 20.7 Å². The predicted octanol–water partition coefficient (Wildman–Crippen LogP) is 4.76. The molecule has 8 nitrogen and oxygen atoms in total. The van der Waals surface area contributed by atoms with Gasteiger partial charge in [-0.05, 0) is 42.5 Å². The Labute approximate surface area is 176 Å². The Kier molecular flexibility index (Phi) is 6.29. The maximum absolute atomic E-state index is 12.7. The Morgan fingerprint density at radius 3 is 2.23 bits per heavy atom. The van der Waals surface area contributed by atoms with Crippen LogP contribution < -0.4 is 15.4 Å². The summed E-state index contributed by atoms with van der Waals surface area (Å²) in [5.41, 5.74) is 0.881. The molecule has 0 fully saturated rings. The topological polar surface area (TPSA) is 111 Å². The molecule has 9 heteroatoms. The zero-order valence-electron chi connectivity index (χ0n) is 15.7. The normalized spacial score (nSPS) is 10.2. The number of rotatable bonds is 6. The first-order valence-electron chi connectivity index (χ1n) is 8.69. The average molecular weight is 426 g/mol. The van der Waals surface area contributed by atoms with Gasteiger partial charge < -0.3 is 15.4 Å². The lowest BCUT2D eigenvalue weighted by atomic mass is 10.1. The first kappa shape index (κ1) is 20.8. The molecule has 0 aliphatic carbocycles. The highest BCUT2D eigenvalue weighted by molar-refractivity contribution is 6.34. The molecular weight excluding hydrogens is 410 g/mol.